The molecule has 0 aromatic carbocycles. The Morgan fingerprint density at radius 3 is 0.862 bits per heavy atom. The van der Waals surface area contributed by atoms with E-state index in [9.17, 15) is 43.2 Å². The highest BCUT2D eigenvalue weighted by molar-refractivity contribution is 7.47. The Morgan fingerprint density at radius 2 is 0.574 bits per heavy atom. The van der Waals surface area contributed by atoms with E-state index in [-0.39, 0.29) is 25.7 Å². The fourth-order valence-electron chi connectivity index (χ4n) is 10.9. The van der Waals surface area contributed by atoms with Crippen LogP contribution < -0.4 is 0 Å². The molecular formula is C75H142O17P2. The third-order valence-electron chi connectivity index (χ3n) is 16.8. The number of phosphoric ester groups is 2. The van der Waals surface area contributed by atoms with E-state index in [2.05, 4.69) is 72.8 Å². The summed E-state index contributed by atoms with van der Waals surface area (Å²) in [6.45, 7) is 11.7. The summed E-state index contributed by atoms with van der Waals surface area (Å²) in [7, 11) is -9.92. The molecule has 94 heavy (non-hydrogen) atoms. The average Bonchev–Trinajstić information content (AvgIpc) is 1.74. The van der Waals surface area contributed by atoms with Gasteiger partial charge in [-0.3, -0.25) is 37.3 Å². The standard InChI is InChI=1S/C75H142O17P2/c1-8-9-10-11-12-13-14-15-17-21-24-29-34-42-49-56-72(77)85-62-70(91-74(79)58-51-44-35-30-25-22-19-16-18-20-23-27-32-39-46-53-66(2)3)64-89-93(81,82)87-60-69(76)61-88-94(83,84)90-65-71(63-86-73(78)57-50-43-38-37-41-48-55-68(6)7)92-75(80)59-52-45-36-31-26-28-33-40-47-54-67(4)5/h13-15,17,66-71,76H,8-12,16,18-65H2,1-7H3,(H,81,82)(H,83,84)/b14-13-,17-15-/t69-,70-,71-/m1/s1. The summed E-state index contributed by atoms with van der Waals surface area (Å²) in [6, 6.07) is 0. The smallest absolute Gasteiger partial charge is 0.462 e. The van der Waals surface area contributed by atoms with Crippen LogP contribution in [0.1, 0.15) is 357 Å². The van der Waals surface area contributed by atoms with Gasteiger partial charge in [0.25, 0.3) is 0 Å². The Bertz CT molecular complexity index is 1930. The van der Waals surface area contributed by atoms with Gasteiger partial charge in [-0.05, 0) is 69.1 Å². The Morgan fingerprint density at radius 1 is 0.330 bits per heavy atom. The van der Waals surface area contributed by atoms with E-state index in [1.54, 1.807) is 0 Å². The van der Waals surface area contributed by atoms with Gasteiger partial charge in [-0.25, -0.2) is 9.13 Å². The minimum absolute atomic E-state index is 0.100. The monoisotopic (exact) mass is 1380 g/mol. The maximum absolute atomic E-state index is 13.1. The number of ether oxygens (including phenoxy) is 4. The van der Waals surface area contributed by atoms with Gasteiger partial charge in [0.05, 0.1) is 26.4 Å². The van der Waals surface area contributed by atoms with Gasteiger partial charge in [-0.2, -0.15) is 0 Å². The molecule has 2 unspecified atom stereocenters. The number of aliphatic hydroxyl groups excluding tert-OH is 1. The predicted octanol–water partition coefficient (Wildman–Crippen LogP) is 21.3. The van der Waals surface area contributed by atoms with Crippen molar-refractivity contribution in [1.82, 2.24) is 0 Å². The number of phosphoric acid groups is 2. The maximum Gasteiger partial charge on any atom is 0.472 e. The number of hydrogen-bond acceptors (Lipinski definition) is 15. The van der Waals surface area contributed by atoms with E-state index in [0.717, 1.165) is 127 Å². The van der Waals surface area contributed by atoms with Gasteiger partial charge >= 0.3 is 39.5 Å². The summed E-state index contributed by atoms with van der Waals surface area (Å²) < 4.78 is 68.4. The second kappa shape index (κ2) is 65.2. The third-order valence-corrected chi connectivity index (χ3v) is 18.7. The lowest BCUT2D eigenvalue weighted by molar-refractivity contribution is -0.161. The first kappa shape index (κ1) is 91.5. The van der Waals surface area contributed by atoms with Crippen molar-refractivity contribution in [2.24, 2.45) is 17.8 Å². The number of aliphatic hydroxyl groups is 1. The molecule has 17 nitrogen and oxygen atoms in total. The predicted molar refractivity (Wildman–Crippen MR) is 381 cm³/mol. The molecule has 0 fully saturated rings. The topological polar surface area (TPSA) is 237 Å². The van der Waals surface area contributed by atoms with Crippen molar-refractivity contribution in [2.45, 2.75) is 375 Å². The molecule has 0 saturated heterocycles. The molecule has 0 aromatic rings. The zero-order valence-corrected chi connectivity index (χ0v) is 62.7. The van der Waals surface area contributed by atoms with Gasteiger partial charge in [0, 0.05) is 25.7 Å². The van der Waals surface area contributed by atoms with Gasteiger partial charge in [-0.15, -0.1) is 0 Å². The first-order chi connectivity index (χ1) is 45.2. The minimum atomic E-state index is -4.96. The molecule has 0 bridgehead atoms. The third kappa shape index (κ3) is 68.1. The van der Waals surface area contributed by atoms with Gasteiger partial charge in [0.1, 0.15) is 19.3 Å². The Hall–Kier alpha value is -2.46. The number of rotatable bonds is 71. The van der Waals surface area contributed by atoms with E-state index in [1.165, 1.54) is 141 Å². The molecule has 0 amide bonds. The highest BCUT2D eigenvalue weighted by Gasteiger charge is 2.30. The van der Waals surface area contributed by atoms with Crippen LogP contribution in [0.15, 0.2) is 24.3 Å². The summed E-state index contributed by atoms with van der Waals surface area (Å²) in [5.74, 6) is 0.0606. The molecule has 0 rings (SSSR count). The zero-order valence-electron chi connectivity index (χ0n) is 60.9. The molecule has 0 saturated carbocycles. The zero-order chi connectivity index (χ0) is 69.4. The molecule has 3 N–H and O–H groups in total. The number of carbonyl (C=O) groups is 4. The largest absolute Gasteiger partial charge is 0.472 e. The lowest BCUT2D eigenvalue weighted by Crippen LogP contribution is -2.30. The van der Waals surface area contributed by atoms with Crippen LogP contribution in [-0.2, 0) is 65.4 Å². The molecule has 0 aliphatic heterocycles. The minimum Gasteiger partial charge on any atom is -0.462 e. The van der Waals surface area contributed by atoms with Crippen molar-refractivity contribution in [3.8, 4) is 0 Å². The van der Waals surface area contributed by atoms with Crippen LogP contribution in [0.2, 0.25) is 0 Å². The highest BCUT2D eigenvalue weighted by atomic mass is 31.2. The van der Waals surface area contributed by atoms with Crippen LogP contribution in [0.3, 0.4) is 0 Å². The first-order valence-electron chi connectivity index (χ1n) is 38.2. The summed E-state index contributed by atoms with van der Waals surface area (Å²) >= 11 is 0. The Kier molecular flexibility index (Phi) is 63.5. The fraction of sp³-hybridized carbons (Fsp3) is 0.893. The number of unbranched alkanes of at least 4 members (excludes halogenated alkanes) is 36. The van der Waals surface area contributed by atoms with Crippen molar-refractivity contribution in [2.75, 3.05) is 39.6 Å². The van der Waals surface area contributed by atoms with Gasteiger partial charge < -0.3 is 33.8 Å². The number of hydrogen-bond donors (Lipinski definition) is 3. The Labute approximate surface area is 573 Å². The second-order valence-corrected chi connectivity index (χ2v) is 30.7. The van der Waals surface area contributed by atoms with Crippen molar-refractivity contribution < 1.29 is 80.2 Å². The number of carbonyl (C=O) groups excluding carboxylic acids is 4. The van der Waals surface area contributed by atoms with Crippen LogP contribution in [0.5, 0.6) is 0 Å². The van der Waals surface area contributed by atoms with Gasteiger partial charge in [-0.1, -0.05) is 304 Å². The number of allylic oxidation sites excluding steroid dienone is 4. The van der Waals surface area contributed by atoms with Crippen LogP contribution in [0, 0.1) is 17.8 Å². The van der Waals surface area contributed by atoms with Crippen LogP contribution in [0.25, 0.3) is 0 Å². The molecule has 0 aromatic heterocycles. The lowest BCUT2D eigenvalue weighted by Gasteiger charge is -2.21. The van der Waals surface area contributed by atoms with E-state index in [0.29, 0.717) is 31.6 Å². The molecule has 0 aliphatic carbocycles. The SMILES string of the molecule is CCCCCC/C=C\C=C/CCCCCCCC(=O)OC[C@H](COP(=O)(O)OC[C@@H](O)COP(=O)(O)OC[C@@H](COC(=O)CCCCCCCCC(C)C)OC(=O)CCCCCCCCCCCC(C)C)OC(=O)CCCCCCCCCCCCCCCCCC(C)C. The molecule has 554 valence electrons. The van der Waals surface area contributed by atoms with Crippen molar-refractivity contribution in [3.63, 3.8) is 0 Å². The van der Waals surface area contributed by atoms with Crippen LogP contribution in [-0.4, -0.2) is 96.7 Å². The normalized spacial score (nSPS) is 14.3. The summed E-state index contributed by atoms with van der Waals surface area (Å²) in [5, 5.41) is 10.6. The highest BCUT2D eigenvalue weighted by Crippen LogP contribution is 2.45. The van der Waals surface area contributed by atoms with E-state index in [4.69, 9.17) is 37.0 Å². The maximum atomic E-state index is 13.1. The molecular weight excluding hydrogens is 1230 g/mol. The van der Waals surface area contributed by atoms with Crippen LogP contribution >= 0.6 is 15.6 Å². The molecule has 0 heterocycles. The van der Waals surface area contributed by atoms with Gasteiger partial charge in [0.2, 0.25) is 0 Å². The Balaban J connectivity index is 5.27. The molecule has 19 heteroatoms. The molecule has 0 aliphatic rings. The van der Waals surface area contributed by atoms with E-state index >= 15 is 0 Å². The van der Waals surface area contributed by atoms with Crippen molar-refractivity contribution in [3.05, 3.63) is 24.3 Å². The first-order valence-corrected chi connectivity index (χ1v) is 41.2. The quantitative estimate of drug-likeness (QED) is 0.0169. The fourth-order valence-corrected chi connectivity index (χ4v) is 12.5. The summed E-state index contributed by atoms with van der Waals surface area (Å²) in [4.78, 5) is 72.7. The van der Waals surface area contributed by atoms with E-state index < -0.39 is 97.5 Å². The summed E-state index contributed by atoms with van der Waals surface area (Å²) in [6.07, 6.45) is 53.7. The van der Waals surface area contributed by atoms with Crippen LogP contribution in [0.4, 0.5) is 0 Å². The molecule has 5 atom stereocenters. The van der Waals surface area contributed by atoms with E-state index in [1.807, 2.05) is 0 Å². The summed E-state index contributed by atoms with van der Waals surface area (Å²) in [5.41, 5.74) is 0. The lowest BCUT2D eigenvalue weighted by atomic mass is 10.0. The van der Waals surface area contributed by atoms with Crippen molar-refractivity contribution in [1.29, 1.82) is 0 Å². The second-order valence-electron chi connectivity index (χ2n) is 27.8. The average molecular weight is 1380 g/mol. The molecule has 0 spiro atoms. The van der Waals surface area contributed by atoms with Gasteiger partial charge in [0.15, 0.2) is 12.2 Å². The number of esters is 4. The van der Waals surface area contributed by atoms with Crippen molar-refractivity contribution >= 4 is 39.5 Å². The molecule has 0 radical (unpaired) electrons.